The third-order valence-electron chi connectivity index (χ3n) is 5.07. The fourth-order valence-electron chi connectivity index (χ4n) is 3.48. The monoisotopic (exact) mass is 447 g/mol. The van der Waals surface area contributed by atoms with Crippen LogP contribution in [0.4, 0.5) is 13.2 Å². The summed E-state index contributed by atoms with van der Waals surface area (Å²) < 4.78 is 51.8. The molecule has 4 aromatic rings. The van der Waals surface area contributed by atoms with E-state index in [0.717, 1.165) is 33.3 Å². The van der Waals surface area contributed by atoms with Crippen LogP contribution in [0.2, 0.25) is 0 Å². The van der Waals surface area contributed by atoms with E-state index in [0.29, 0.717) is 11.3 Å². The van der Waals surface area contributed by atoms with Crippen molar-refractivity contribution < 1.29 is 22.4 Å². The highest BCUT2D eigenvalue weighted by Crippen LogP contribution is 2.31. The van der Waals surface area contributed by atoms with Crippen molar-refractivity contribution in [2.75, 3.05) is 0 Å². The summed E-state index contributed by atoms with van der Waals surface area (Å²) >= 11 is 0. The van der Waals surface area contributed by atoms with Crippen molar-refractivity contribution in [2.24, 2.45) is 0 Å². The number of hydrogen-bond donors (Lipinski definition) is 1. The van der Waals surface area contributed by atoms with Crippen molar-refractivity contribution in [1.29, 1.82) is 0 Å². The van der Waals surface area contributed by atoms with Gasteiger partial charge in [0.2, 0.25) is 0 Å². The Labute approximate surface area is 179 Å². The Bertz CT molecular complexity index is 1360. The van der Waals surface area contributed by atoms with Crippen molar-refractivity contribution in [3.8, 4) is 5.75 Å². The quantitative estimate of drug-likeness (QED) is 0.478. The molecule has 0 fully saturated rings. The molecule has 0 bridgehead atoms. The number of nitrogens with one attached hydrogen (secondary N) is 1. The number of rotatable bonds is 6. The predicted octanol–water partition coefficient (Wildman–Crippen LogP) is 4.31. The van der Waals surface area contributed by atoms with Crippen LogP contribution in [0.25, 0.3) is 10.9 Å². The Kier molecular flexibility index (Phi) is 5.45. The van der Waals surface area contributed by atoms with Crippen molar-refractivity contribution in [3.63, 3.8) is 0 Å². The molecule has 2 heterocycles. The van der Waals surface area contributed by atoms with E-state index < -0.39 is 23.2 Å². The van der Waals surface area contributed by atoms with Gasteiger partial charge >= 0.3 is 17.6 Å². The second kappa shape index (κ2) is 8.10. The number of halogens is 3. The van der Waals surface area contributed by atoms with E-state index in [4.69, 9.17) is 9.26 Å². The summed E-state index contributed by atoms with van der Waals surface area (Å²) in [6, 6.07) is 10.4. The third-order valence-corrected chi connectivity index (χ3v) is 5.07. The lowest BCUT2D eigenvalue weighted by molar-refractivity contribution is -0.137. The van der Waals surface area contributed by atoms with Gasteiger partial charge in [-0.3, -0.25) is 0 Å². The molecule has 2 aromatic carbocycles. The summed E-state index contributed by atoms with van der Waals surface area (Å²) in [4.78, 5) is 25.2. The summed E-state index contributed by atoms with van der Waals surface area (Å²) in [5.74, 6) is -0.314. The van der Waals surface area contributed by atoms with Gasteiger partial charge in [0.05, 0.1) is 12.1 Å². The van der Waals surface area contributed by atoms with Crippen LogP contribution in [0, 0.1) is 0 Å². The molecule has 1 N–H and O–H groups in total. The Morgan fingerprint density at radius 1 is 1.09 bits per heavy atom. The molecule has 168 valence electrons. The first-order chi connectivity index (χ1) is 15.1. The molecule has 2 aromatic heterocycles. The van der Waals surface area contributed by atoms with Crippen molar-refractivity contribution >= 4 is 10.9 Å². The van der Waals surface area contributed by atoms with Gasteiger partial charge in [0.25, 0.3) is 0 Å². The van der Waals surface area contributed by atoms with Crippen molar-refractivity contribution in [1.82, 2.24) is 14.3 Å². The van der Waals surface area contributed by atoms with E-state index in [9.17, 15) is 22.8 Å². The number of aromatic amines is 1. The number of aromatic nitrogens is 3. The molecule has 0 radical (unpaired) electrons. The third kappa shape index (κ3) is 4.34. The highest BCUT2D eigenvalue weighted by Gasteiger charge is 2.29. The molecule has 32 heavy (non-hydrogen) atoms. The number of H-pyrrole nitrogens is 1. The van der Waals surface area contributed by atoms with Gasteiger partial charge in [0.15, 0.2) is 0 Å². The van der Waals surface area contributed by atoms with E-state index in [-0.39, 0.29) is 19.2 Å². The molecule has 0 saturated heterocycles. The molecule has 0 saturated carbocycles. The zero-order valence-electron chi connectivity index (χ0n) is 17.3. The van der Waals surface area contributed by atoms with Crippen LogP contribution in [0.5, 0.6) is 5.75 Å². The molecule has 0 spiro atoms. The number of ether oxygens (including phenoxy) is 1. The van der Waals surface area contributed by atoms with Gasteiger partial charge in [0.1, 0.15) is 12.4 Å². The molecule has 0 unspecified atom stereocenters. The number of benzene rings is 2. The molecule has 0 aliphatic heterocycles. The van der Waals surface area contributed by atoms with Gasteiger partial charge in [-0.2, -0.15) is 13.2 Å². The summed E-state index contributed by atoms with van der Waals surface area (Å²) in [5.41, 5.74) is 0.893. The largest absolute Gasteiger partial charge is 0.489 e. The van der Waals surface area contributed by atoms with Crippen molar-refractivity contribution in [2.45, 2.75) is 39.2 Å². The Balaban J connectivity index is 1.61. The molecular formula is C22H20F3N3O4. The predicted molar refractivity (Wildman–Crippen MR) is 111 cm³/mol. The van der Waals surface area contributed by atoms with Crippen LogP contribution >= 0.6 is 0 Å². The van der Waals surface area contributed by atoms with Gasteiger partial charge in [0, 0.05) is 28.7 Å². The maximum Gasteiger partial charge on any atom is 0.440 e. The Morgan fingerprint density at radius 2 is 1.81 bits per heavy atom. The SMILES string of the molecule is CC(C)n1cc(Cn2oc(=O)[nH]c2=O)c2cc(OCc3ccc(C(F)(F)F)cc3)ccc21. The fourth-order valence-corrected chi connectivity index (χ4v) is 3.48. The smallest absolute Gasteiger partial charge is 0.440 e. The van der Waals surface area contributed by atoms with Crippen molar-refractivity contribution in [3.05, 3.63) is 86.4 Å². The molecule has 4 rings (SSSR count). The zero-order valence-corrected chi connectivity index (χ0v) is 17.3. The summed E-state index contributed by atoms with van der Waals surface area (Å²) in [5, 5.41) is 0.805. The second-order valence-electron chi connectivity index (χ2n) is 7.66. The lowest BCUT2D eigenvalue weighted by Crippen LogP contribution is -2.17. The van der Waals surface area contributed by atoms with Gasteiger partial charge in [-0.25, -0.2) is 14.6 Å². The second-order valence-corrected chi connectivity index (χ2v) is 7.66. The molecular weight excluding hydrogens is 427 g/mol. The minimum Gasteiger partial charge on any atom is -0.489 e. The van der Waals surface area contributed by atoms with Gasteiger partial charge in [-0.15, -0.1) is 4.74 Å². The molecule has 0 amide bonds. The highest BCUT2D eigenvalue weighted by molar-refractivity contribution is 5.85. The summed E-state index contributed by atoms with van der Waals surface area (Å²) in [7, 11) is 0. The summed E-state index contributed by atoms with van der Waals surface area (Å²) in [6.07, 6.45) is -2.50. The first-order valence-corrected chi connectivity index (χ1v) is 9.84. The first-order valence-electron chi connectivity index (χ1n) is 9.84. The van der Waals surface area contributed by atoms with Crippen LogP contribution in [-0.2, 0) is 19.3 Å². The maximum atomic E-state index is 12.7. The highest BCUT2D eigenvalue weighted by atomic mass is 19.4. The lowest BCUT2D eigenvalue weighted by Gasteiger charge is -2.11. The van der Waals surface area contributed by atoms with E-state index in [1.165, 1.54) is 12.1 Å². The topological polar surface area (TPSA) is 82.2 Å². The van der Waals surface area contributed by atoms with E-state index in [2.05, 4.69) is 4.98 Å². The molecule has 0 aliphatic carbocycles. The molecule has 0 aliphatic rings. The maximum absolute atomic E-state index is 12.7. The van der Waals surface area contributed by atoms with E-state index in [1.54, 1.807) is 12.1 Å². The molecule has 10 heteroatoms. The Hall–Kier alpha value is -3.69. The normalized spacial score (nSPS) is 12.1. The fraction of sp³-hybridized carbons (Fsp3) is 0.273. The minimum atomic E-state index is -4.38. The minimum absolute atomic E-state index is 0.0517. The number of hydrogen-bond acceptors (Lipinski definition) is 4. The Morgan fingerprint density at radius 3 is 2.41 bits per heavy atom. The standard InChI is InChI=1S/C22H20F3N3O4/c1-13(2)27-10-15(11-28-20(29)26-21(30)32-28)18-9-17(7-8-19(18)27)31-12-14-3-5-16(6-4-14)22(23,24)25/h3-10,13H,11-12H2,1-2H3,(H,26,29,30). The average molecular weight is 447 g/mol. The van der Waals surface area contributed by atoms with Crippen LogP contribution in [0.1, 0.15) is 36.6 Å². The van der Waals surface area contributed by atoms with Crippen LogP contribution in [0.15, 0.2) is 62.8 Å². The van der Waals surface area contributed by atoms with E-state index in [1.807, 2.05) is 30.7 Å². The van der Waals surface area contributed by atoms with Crippen LogP contribution < -0.4 is 16.2 Å². The van der Waals surface area contributed by atoms with Gasteiger partial charge in [-0.05, 0) is 49.7 Å². The molecule has 7 nitrogen and oxygen atoms in total. The summed E-state index contributed by atoms with van der Waals surface area (Å²) in [6.45, 7) is 4.17. The molecule has 0 atom stereocenters. The van der Waals surface area contributed by atoms with Crippen LogP contribution in [-0.4, -0.2) is 14.3 Å². The number of fused-ring (bicyclic) bond motifs is 1. The number of alkyl halides is 3. The van der Waals surface area contributed by atoms with Gasteiger partial charge < -0.3 is 13.8 Å². The lowest BCUT2D eigenvalue weighted by atomic mass is 10.1. The van der Waals surface area contributed by atoms with Crippen LogP contribution in [0.3, 0.4) is 0 Å². The van der Waals surface area contributed by atoms with Gasteiger partial charge in [-0.1, -0.05) is 12.1 Å². The van der Waals surface area contributed by atoms with E-state index >= 15 is 0 Å². The zero-order chi connectivity index (χ0) is 23.0. The first kappa shape index (κ1) is 21.5. The average Bonchev–Trinajstić information content (AvgIpc) is 3.25. The number of nitrogens with zero attached hydrogens (tertiary/aromatic N) is 2.